The molecule has 0 saturated carbocycles. The zero-order valence-corrected chi connectivity index (χ0v) is 20.2. The fourth-order valence-corrected chi connectivity index (χ4v) is 4.13. The number of nitrogens with two attached hydrogens (primary N) is 1. The molecule has 8 heteroatoms. The molecule has 1 fully saturated rings. The Balaban J connectivity index is 1.57. The molecule has 1 aliphatic rings. The van der Waals surface area contributed by atoms with Gasteiger partial charge in [-0.25, -0.2) is 4.98 Å². The minimum absolute atomic E-state index is 0.0263. The van der Waals surface area contributed by atoms with E-state index in [4.69, 9.17) is 10.5 Å². The van der Waals surface area contributed by atoms with Crippen LogP contribution in [0, 0.1) is 6.92 Å². The number of ether oxygens (including phenoxy) is 1. The van der Waals surface area contributed by atoms with Crippen LogP contribution in [-0.2, 0) is 17.8 Å². The van der Waals surface area contributed by atoms with Gasteiger partial charge in [-0.3, -0.25) is 14.6 Å². The summed E-state index contributed by atoms with van der Waals surface area (Å²) in [4.78, 5) is 34.4. The quantitative estimate of drug-likeness (QED) is 0.382. The molecule has 3 aromatic rings. The van der Waals surface area contributed by atoms with E-state index in [2.05, 4.69) is 15.3 Å². The topological polar surface area (TPSA) is 112 Å². The molecule has 4 rings (SSSR count). The van der Waals surface area contributed by atoms with Crippen LogP contribution in [0.4, 0.5) is 0 Å². The van der Waals surface area contributed by atoms with Crippen molar-refractivity contribution in [3.05, 3.63) is 87.7 Å². The lowest BCUT2D eigenvalue weighted by molar-refractivity contribution is 0.00545. The number of carbonyl (C=O) groups excluding carboxylic acids is 1. The maximum absolute atomic E-state index is 13.0. The Morgan fingerprint density at radius 1 is 1.23 bits per heavy atom. The molecule has 0 amide bonds. The highest BCUT2D eigenvalue weighted by Gasteiger charge is 2.17. The van der Waals surface area contributed by atoms with E-state index in [9.17, 15) is 9.59 Å². The first-order valence-corrected chi connectivity index (χ1v) is 11.9. The smallest absolute Gasteiger partial charge is 0.250 e. The molecule has 0 aliphatic carbocycles. The number of nitrogens with zero attached hydrogens (tertiary/aromatic N) is 3. The number of aromatic nitrogens is 3. The minimum Gasteiger partial charge on any atom is -0.398 e. The van der Waals surface area contributed by atoms with Crippen LogP contribution in [0.1, 0.15) is 46.6 Å². The normalized spacial score (nSPS) is 16.3. The zero-order valence-electron chi connectivity index (χ0n) is 20.2. The summed E-state index contributed by atoms with van der Waals surface area (Å²) in [6.07, 6.45) is 7.87. The van der Waals surface area contributed by atoms with E-state index in [-0.39, 0.29) is 23.1 Å². The fourth-order valence-electron chi connectivity index (χ4n) is 4.13. The van der Waals surface area contributed by atoms with Crippen LogP contribution in [0.25, 0.3) is 17.0 Å². The van der Waals surface area contributed by atoms with E-state index in [1.807, 2.05) is 31.3 Å². The van der Waals surface area contributed by atoms with Crippen LogP contribution in [0.15, 0.2) is 59.7 Å². The van der Waals surface area contributed by atoms with Crippen molar-refractivity contribution in [1.82, 2.24) is 19.9 Å². The lowest BCUT2D eigenvalue weighted by Gasteiger charge is -2.23. The molecule has 3 N–H and O–H groups in total. The number of allylic oxidation sites excluding steroid dienone is 1. The predicted octanol–water partition coefficient (Wildman–Crippen LogP) is 3.08. The Kier molecular flexibility index (Phi) is 7.84. The summed E-state index contributed by atoms with van der Waals surface area (Å²) in [6, 6.07) is 10.9. The first kappa shape index (κ1) is 24.5. The maximum Gasteiger partial charge on any atom is 0.250 e. The van der Waals surface area contributed by atoms with Crippen molar-refractivity contribution in [1.29, 1.82) is 0 Å². The summed E-state index contributed by atoms with van der Waals surface area (Å²) in [5.74, 6) is -0.322. The van der Waals surface area contributed by atoms with Gasteiger partial charge in [0.05, 0.1) is 30.2 Å². The van der Waals surface area contributed by atoms with Gasteiger partial charge in [0.15, 0.2) is 0 Å². The number of nitrogens with one attached hydrogen (secondary N) is 1. The second kappa shape index (κ2) is 11.2. The van der Waals surface area contributed by atoms with Gasteiger partial charge in [-0.2, -0.15) is 0 Å². The van der Waals surface area contributed by atoms with Crippen molar-refractivity contribution in [3.63, 3.8) is 0 Å². The number of aryl methyl sites for hydroxylation is 1. The molecule has 182 valence electrons. The van der Waals surface area contributed by atoms with Crippen LogP contribution >= 0.6 is 0 Å². The zero-order chi connectivity index (χ0) is 24.8. The number of rotatable bonds is 8. The Bertz CT molecular complexity index is 1270. The number of carbonyl (C=O) groups is 1. The molecular formula is C27H31N5O3. The average molecular weight is 474 g/mol. The van der Waals surface area contributed by atoms with E-state index >= 15 is 0 Å². The predicted molar refractivity (Wildman–Crippen MR) is 136 cm³/mol. The minimum atomic E-state index is -0.322. The third-order valence-electron chi connectivity index (χ3n) is 6.10. The highest BCUT2D eigenvalue weighted by atomic mass is 16.5. The highest BCUT2D eigenvalue weighted by molar-refractivity contribution is 6.07. The van der Waals surface area contributed by atoms with Crippen LogP contribution in [0.3, 0.4) is 0 Å². The number of benzene rings is 1. The summed E-state index contributed by atoms with van der Waals surface area (Å²) in [7, 11) is 1.89. The molecule has 1 aliphatic heterocycles. The van der Waals surface area contributed by atoms with Crippen molar-refractivity contribution >= 4 is 11.5 Å². The maximum atomic E-state index is 13.0. The van der Waals surface area contributed by atoms with Crippen LogP contribution in [0.5, 0.6) is 0 Å². The van der Waals surface area contributed by atoms with E-state index in [1.165, 1.54) is 12.1 Å². The molecule has 2 aromatic heterocycles. The third kappa shape index (κ3) is 6.09. The van der Waals surface area contributed by atoms with Gasteiger partial charge in [0, 0.05) is 42.8 Å². The van der Waals surface area contributed by atoms with Gasteiger partial charge in [-0.1, -0.05) is 24.3 Å². The van der Waals surface area contributed by atoms with Gasteiger partial charge in [-0.05, 0) is 50.4 Å². The van der Waals surface area contributed by atoms with Crippen molar-refractivity contribution in [2.45, 2.75) is 45.4 Å². The fraction of sp³-hybridized carbons (Fsp3) is 0.333. The van der Waals surface area contributed by atoms with Crippen molar-refractivity contribution in [3.8, 4) is 11.3 Å². The molecule has 0 radical (unpaired) electrons. The molecule has 1 atom stereocenters. The van der Waals surface area contributed by atoms with Crippen LogP contribution in [0.2, 0.25) is 0 Å². The summed E-state index contributed by atoms with van der Waals surface area (Å²) in [5, 5.41) is 3.10. The summed E-state index contributed by atoms with van der Waals surface area (Å²) < 4.78 is 7.43. The Hall–Kier alpha value is -3.62. The lowest BCUT2D eigenvalue weighted by atomic mass is 10.1. The molecule has 35 heavy (non-hydrogen) atoms. The highest BCUT2D eigenvalue weighted by Crippen LogP contribution is 2.19. The Morgan fingerprint density at radius 2 is 2.03 bits per heavy atom. The largest absolute Gasteiger partial charge is 0.398 e. The summed E-state index contributed by atoms with van der Waals surface area (Å²) >= 11 is 0. The molecular weight excluding hydrogens is 442 g/mol. The molecule has 1 saturated heterocycles. The average Bonchev–Trinajstić information content (AvgIpc) is 2.87. The second-order valence-electron chi connectivity index (χ2n) is 8.78. The number of ketones is 1. The van der Waals surface area contributed by atoms with E-state index in [0.717, 1.165) is 43.5 Å². The Labute approximate surface area is 204 Å². The van der Waals surface area contributed by atoms with Crippen molar-refractivity contribution in [2.75, 3.05) is 13.7 Å². The number of hydrogen-bond donors (Lipinski definition) is 2. The molecule has 8 nitrogen and oxygen atoms in total. The summed E-state index contributed by atoms with van der Waals surface area (Å²) in [5.41, 5.74) is 10.3. The van der Waals surface area contributed by atoms with Gasteiger partial charge in [-0.15, -0.1) is 0 Å². The van der Waals surface area contributed by atoms with E-state index in [0.29, 0.717) is 29.2 Å². The first-order valence-electron chi connectivity index (χ1n) is 11.9. The van der Waals surface area contributed by atoms with Gasteiger partial charge in [0.25, 0.3) is 5.56 Å². The molecule has 1 aromatic carbocycles. The van der Waals surface area contributed by atoms with Gasteiger partial charge in [0.1, 0.15) is 5.69 Å². The lowest BCUT2D eigenvalue weighted by Crippen LogP contribution is -2.30. The molecule has 0 spiro atoms. The van der Waals surface area contributed by atoms with Crippen molar-refractivity contribution in [2.24, 2.45) is 5.73 Å². The van der Waals surface area contributed by atoms with Gasteiger partial charge in [0.2, 0.25) is 5.78 Å². The third-order valence-corrected chi connectivity index (χ3v) is 6.10. The second-order valence-corrected chi connectivity index (χ2v) is 8.78. The number of pyridine rings is 1. The van der Waals surface area contributed by atoms with Crippen LogP contribution < -0.4 is 16.6 Å². The first-order chi connectivity index (χ1) is 16.9. The van der Waals surface area contributed by atoms with Crippen molar-refractivity contribution < 1.29 is 9.53 Å². The standard InChI is InChI=1S/C27H31N5O3/c1-18-27(25(33)13-23(28)20-8-6-19(7-9-20)14-29-2)31-24(15-30-18)21-10-11-26(34)32(16-21)17-22-5-3-4-12-35-22/h6-11,13,15-16,22,29H,3-5,12,14,17,28H2,1-2H3. The van der Waals surface area contributed by atoms with Gasteiger partial charge >= 0.3 is 0 Å². The SMILES string of the molecule is CNCc1ccc(C(N)=CC(=O)c2nc(-c3ccc(=O)n(CC4CCCCO4)c3)cnc2C)cc1. The van der Waals surface area contributed by atoms with Crippen LogP contribution in [-0.4, -0.2) is 40.1 Å². The molecule has 0 bridgehead atoms. The van der Waals surface area contributed by atoms with E-state index in [1.54, 1.807) is 30.0 Å². The summed E-state index contributed by atoms with van der Waals surface area (Å²) in [6.45, 7) is 3.71. The Morgan fingerprint density at radius 3 is 2.74 bits per heavy atom. The molecule has 3 heterocycles. The number of hydrogen-bond acceptors (Lipinski definition) is 7. The molecule has 1 unspecified atom stereocenters. The van der Waals surface area contributed by atoms with Gasteiger partial charge < -0.3 is 20.4 Å². The monoisotopic (exact) mass is 473 g/mol. The van der Waals surface area contributed by atoms with E-state index < -0.39 is 0 Å².